The summed E-state index contributed by atoms with van der Waals surface area (Å²) in [4.78, 5) is 0. The number of thioether (sulfide) groups is 1. The Morgan fingerprint density at radius 3 is 3.00 bits per heavy atom. The number of rotatable bonds is 6. The first-order chi connectivity index (χ1) is 9.38. The van der Waals surface area contributed by atoms with Crippen molar-refractivity contribution in [1.29, 1.82) is 0 Å². The van der Waals surface area contributed by atoms with Crippen LogP contribution in [0.1, 0.15) is 31.4 Å². The van der Waals surface area contributed by atoms with Gasteiger partial charge in [0.05, 0.1) is 6.61 Å². The zero-order valence-electron chi connectivity index (χ0n) is 11.0. The van der Waals surface area contributed by atoms with Crippen molar-refractivity contribution in [1.82, 2.24) is 14.8 Å². The van der Waals surface area contributed by atoms with Gasteiger partial charge < -0.3 is 9.30 Å². The Morgan fingerprint density at radius 1 is 1.37 bits per heavy atom. The van der Waals surface area contributed by atoms with Crippen molar-refractivity contribution in [3.05, 3.63) is 36.2 Å². The fraction of sp³-hybridized carbons (Fsp3) is 0.429. The molecule has 0 atom stereocenters. The Labute approximate surface area is 117 Å². The lowest BCUT2D eigenvalue weighted by Crippen LogP contribution is -1.97. The molecule has 1 fully saturated rings. The van der Waals surface area contributed by atoms with Crippen molar-refractivity contribution in [2.75, 3.05) is 6.61 Å². The predicted octanol–water partition coefficient (Wildman–Crippen LogP) is 3.30. The molecule has 19 heavy (non-hydrogen) atoms. The van der Waals surface area contributed by atoms with Crippen LogP contribution in [0.15, 0.2) is 35.7 Å². The normalized spacial score (nSPS) is 14.6. The van der Waals surface area contributed by atoms with Gasteiger partial charge in [-0.15, -0.1) is 10.2 Å². The molecule has 0 bridgehead atoms. The summed E-state index contributed by atoms with van der Waals surface area (Å²) in [6, 6.07) is 8.80. The number of ether oxygens (including phenoxy) is 1. The van der Waals surface area contributed by atoms with E-state index in [-0.39, 0.29) is 0 Å². The summed E-state index contributed by atoms with van der Waals surface area (Å²) in [5, 5.41) is 9.23. The van der Waals surface area contributed by atoms with Gasteiger partial charge in [-0.25, -0.2) is 0 Å². The molecule has 0 N–H and O–H groups in total. The molecule has 1 aromatic carbocycles. The number of para-hydroxylation sites is 1. The molecule has 1 heterocycles. The summed E-state index contributed by atoms with van der Waals surface area (Å²) < 4.78 is 7.83. The molecule has 0 spiro atoms. The summed E-state index contributed by atoms with van der Waals surface area (Å²) in [6.07, 6.45) is 4.34. The van der Waals surface area contributed by atoms with Crippen molar-refractivity contribution < 1.29 is 4.74 Å². The minimum atomic E-state index is 0.625. The van der Waals surface area contributed by atoms with E-state index in [4.69, 9.17) is 4.74 Å². The Bertz CT molecular complexity index is 551. The first kappa shape index (κ1) is 12.5. The van der Waals surface area contributed by atoms with Gasteiger partial charge >= 0.3 is 0 Å². The number of aromatic nitrogens is 3. The second-order valence-corrected chi connectivity index (χ2v) is 5.52. The molecular weight excluding hydrogens is 258 g/mol. The highest BCUT2D eigenvalue weighted by molar-refractivity contribution is 7.98. The highest BCUT2D eigenvalue weighted by atomic mass is 32.2. The Kier molecular flexibility index (Phi) is 3.73. The molecule has 0 radical (unpaired) electrons. The highest BCUT2D eigenvalue weighted by Gasteiger charge is 2.26. The number of hydrogen-bond donors (Lipinski definition) is 0. The van der Waals surface area contributed by atoms with Gasteiger partial charge in [-0.2, -0.15) is 0 Å². The zero-order valence-corrected chi connectivity index (χ0v) is 11.8. The quantitative estimate of drug-likeness (QED) is 0.758. The third-order valence-electron chi connectivity index (χ3n) is 3.11. The molecule has 1 aliphatic rings. The molecule has 5 heteroatoms. The Morgan fingerprint density at radius 2 is 2.21 bits per heavy atom. The fourth-order valence-corrected chi connectivity index (χ4v) is 2.97. The summed E-state index contributed by atoms with van der Waals surface area (Å²) in [6.45, 7) is 2.70. The third kappa shape index (κ3) is 2.92. The van der Waals surface area contributed by atoms with Crippen LogP contribution >= 0.6 is 11.8 Å². The Balaban J connectivity index is 1.70. The molecule has 4 nitrogen and oxygen atoms in total. The van der Waals surface area contributed by atoms with E-state index >= 15 is 0 Å². The summed E-state index contributed by atoms with van der Waals surface area (Å²) in [7, 11) is 0. The summed E-state index contributed by atoms with van der Waals surface area (Å²) in [5.41, 5.74) is 1.21. The smallest absolute Gasteiger partial charge is 0.191 e. The van der Waals surface area contributed by atoms with Gasteiger partial charge in [0.15, 0.2) is 5.16 Å². The van der Waals surface area contributed by atoms with Gasteiger partial charge in [-0.3, -0.25) is 0 Å². The van der Waals surface area contributed by atoms with Gasteiger partial charge in [0.1, 0.15) is 12.1 Å². The molecular formula is C14H17N3OS. The summed E-state index contributed by atoms with van der Waals surface area (Å²) in [5.74, 6) is 1.83. The fourth-order valence-electron chi connectivity index (χ4n) is 2.00. The van der Waals surface area contributed by atoms with Gasteiger partial charge in [0.2, 0.25) is 0 Å². The van der Waals surface area contributed by atoms with Crippen molar-refractivity contribution in [3.8, 4) is 5.75 Å². The van der Waals surface area contributed by atoms with Crippen LogP contribution in [0.5, 0.6) is 5.75 Å². The van der Waals surface area contributed by atoms with E-state index < -0.39 is 0 Å². The molecule has 2 aromatic rings. The highest BCUT2D eigenvalue weighted by Crippen LogP contribution is 2.38. The minimum Gasteiger partial charge on any atom is -0.494 e. The van der Waals surface area contributed by atoms with Gasteiger partial charge in [0, 0.05) is 17.4 Å². The van der Waals surface area contributed by atoms with E-state index in [1.807, 2.05) is 31.5 Å². The molecule has 0 saturated heterocycles. The van der Waals surface area contributed by atoms with Gasteiger partial charge in [-0.05, 0) is 25.8 Å². The van der Waals surface area contributed by atoms with Gasteiger partial charge in [0.25, 0.3) is 0 Å². The van der Waals surface area contributed by atoms with E-state index in [2.05, 4.69) is 20.8 Å². The van der Waals surface area contributed by atoms with Crippen molar-refractivity contribution in [2.24, 2.45) is 0 Å². The lowest BCUT2D eigenvalue weighted by Gasteiger charge is -2.09. The van der Waals surface area contributed by atoms with Crippen LogP contribution in [0, 0.1) is 0 Å². The first-order valence-corrected chi connectivity index (χ1v) is 7.60. The van der Waals surface area contributed by atoms with E-state index in [9.17, 15) is 0 Å². The number of benzene rings is 1. The molecule has 3 rings (SSSR count). The van der Waals surface area contributed by atoms with Crippen molar-refractivity contribution in [2.45, 2.75) is 36.7 Å². The first-order valence-electron chi connectivity index (χ1n) is 6.61. The largest absolute Gasteiger partial charge is 0.494 e. The van der Waals surface area contributed by atoms with E-state index in [0.29, 0.717) is 12.6 Å². The number of hydrogen-bond acceptors (Lipinski definition) is 4. The second kappa shape index (κ2) is 5.65. The standard InChI is InChI=1S/C14H17N3OS/c1-2-18-13-6-4-3-5-11(13)9-19-14-16-15-10-17(14)12-7-8-12/h3-6,10,12H,2,7-9H2,1H3. The second-order valence-electron chi connectivity index (χ2n) is 4.58. The monoisotopic (exact) mass is 275 g/mol. The van der Waals surface area contributed by atoms with Crippen LogP contribution in [-0.2, 0) is 5.75 Å². The minimum absolute atomic E-state index is 0.625. The van der Waals surface area contributed by atoms with E-state index in [1.165, 1.54) is 18.4 Å². The molecule has 1 saturated carbocycles. The summed E-state index contributed by atoms with van der Waals surface area (Å²) >= 11 is 1.72. The van der Waals surface area contributed by atoms with E-state index in [1.54, 1.807) is 11.8 Å². The molecule has 0 unspecified atom stereocenters. The van der Waals surface area contributed by atoms with Gasteiger partial charge in [-0.1, -0.05) is 30.0 Å². The third-order valence-corrected chi connectivity index (χ3v) is 4.12. The van der Waals surface area contributed by atoms with Crippen molar-refractivity contribution in [3.63, 3.8) is 0 Å². The molecule has 0 aliphatic heterocycles. The maximum Gasteiger partial charge on any atom is 0.191 e. The maximum absolute atomic E-state index is 5.64. The lowest BCUT2D eigenvalue weighted by molar-refractivity contribution is 0.337. The average Bonchev–Trinajstić information content (AvgIpc) is 3.17. The molecule has 100 valence electrons. The van der Waals surface area contributed by atoms with Crippen LogP contribution in [0.4, 0.5) is 0 Å². The topological polar surface area (TPSA) is 39.9 Å². The van der Waals surface area contributed by atoms with Crippen LogP contribution in [0.2, 0.25) is 0 Å². The lowest BCUT2D eigenvalue weighted by atomic mass is 10.2. The van der Waals surface area contributed by atoms with Crippen LogP contribution < -0.4 is 4.74 Å². The number of nitrogens with zero attached hydrogens (tertiary/aromatic N) is 3. The average molecular weight is 275 g/mol. The van der Waals surface area contributed by atoms with Crippen LogP contribution in [-0.4, -0.2) is 21.4 Å². The van der Waals surface area contributed by atoms with Crippen LogP contribution in [0.3, 0.4) is 0 Å². The van der Waals surface area contributed by atoms with E-state index in [0.717, 1.165) is 16.7 Å². The molecule has 0 amide bonds. The maximum atomic E-state index is 5.64. The molecule has 1 aromatic heterocycles. The Hall–Kier alpha value is -1.49. The predicted molar refractivity (Wildman–Crippen MR) is 75.5 cm³/mol. The zero-order chi connectivity index (χ0) is 13.1. The van der Waals surface area contributed by atoms with Crippen molar-refractivity contribution >= 4 is 11.8 Å². The van der Waals surface area contributed by atoms with Crippen LogP contribution in [0.25, 0.3) is 0 Å². The SMILES string of the molecule is CCOc1ccccc1CSc1nncn1C1CC1. The molecule has 1 aliphatic carbocycles.